The highest BCUT2D eigenvalue weighted by Crippen LogP contribution is 2.33. The Morgan fingerprint density at radius 2 is 1.89 bits per heavy atom. The number of hydrogen-bond donors (Lipinski definition) is 0. The molecule has 3 aliphatic rings. The van der Waals surface area contributed by atoms with Crippen molar-refractivity contribution in [1.82, 2.24) is 9.80 Å². The molecule has 27 heavy (non-hydrogen) atoms. The third-order valence-corrected chi connectivity index (χ3v) is 6.36. The van der Waals surface area contributed by atoms with Crippen molar-refractivity contribution in [2.75, 3.05) is 39.9 Å². The van der Waals surface area contributed by atoms with Crippen LogP contribution < -0.4 is 0 Å². The van der Waals surface area contributed by atoms with Crippen LogP contribution in [0.4, 0.5) is 0 Å². The fourth-order valence-corrected chi connectivity index (χ4v) is 5.06. The number of nitrogens with zero attached hydrogens (tertiary/aromatic N) is 2. The SMILES string of the molecule is COCCN1C[C@@H]2CC[C@H]1CN(Cc1cccc3c1oc1ccccc13)C2. The number of benzene rings is 2. The summed E-state index contributed by atoms with van der Waals surface area (Å²) < 4.78 is 11.6. The van der Waals surface area contributed by atoms with Gasteiger partial charge in [0.15, 0.2) is 0 Å². The molecule has 0 saturated carbocycles. The minimum Gasteiger partial charge on any atom is -0.456 e. The zero-order chi connectivity index (χ0) is 18.2. The molecule has 4 heteroatoms. The number of rotatable bonds is 5. The largest absolute Gasteiger partial charge is 0.456 e. The van der Waals surface area contributed by atoms with E-state index < -0.39 is 0 Å². The van der Waals surface area contributed by atoms with Gasteiger partial charge in [0.2, 0.25) is 0 Å². The lowest BCUT2D eigenvalue weighted by Crippen LogP contribution is -2.45. The number of piperidine rings is 1. The van der Waals surface area contributed by atoms with Crippen LogP contribution >= 0.6 is 0 Å². The molecular formula is C23H28N2O2. The Hall–Kier alpha value is -1.88. The van der Waals surface area contributed by atoms with Gasteiger partial charge in [-0.2, -0.15) is 0 Å². The second-order valence-electron chi connectivity index (χ2n) is 8.17. The first kappa shape index (κ1) is 17.2. The van der Waals surface area contributed by atoms with Crippen LogP contribution in [0.5, 0.6) is 0 Å². The summed E-state index contributed by atoms with van der Waals surface area (Å²) in [7, 11) is 1.80. The standard InChI is InChI=1S/C23H28N2O2/c1-26-12-11-25-14-17-9-10-19(25)16-24(13-17)15-18-5-4-7-21-20-6-2-3-8-22(20)27-23(18)21/h2-8,17,19H,9-16H2,1H3/t17-,19+/m1/s1. The Balaban J connectivity index is 1.41. The number of para-hydroxylation sites is 2. The minimum absolute atomic E-state index is 0.661. The molecule has 142 valence electrons. The van der Waals surface area contributed by atoms with Gasteiger partial charge in [0, 0.05) is 62.2 Å². The minimum atomic E-state index is 0.661. The van der Waals surface area contributed by atoms with E-state index in [1.165, 1.54) is 42.3 Å². The smallest absolute Gasteiger partial charge is 0.139 e. The van der Waals surface area contributed by atoms with E-state index >= 15 is 0 Å². The molecule has 0 radical (unpaired) electrons. The zero-order valence-corrected chi connectivity index (χ0v) is 16.1. The van der Waals surface area contributed by atoms with Crippen LogP contribution in [0.1, 0.15) is 18.4 Å². The first-order valence-electron chi connectivity index (χ1n) is 10.2. The summed E-state index contributed by atoms with van der Waals surface area (Å²) in [6.45, 7) is 6.43. The van der Waals surface area contributed by atoms with Crippen LogP contribution in [-0.2, 0) is 11.3 Å². The second kappa shape index (κ2) is 7.27. The van der Waals surface area contributed by atoms with Crippen LogP contribution in [-0.4, -0.2) is 55.7 Å². The van der Waals surface area contributed by atoms with E-state index in [9.17, 15) is 0 Å². The molecule has 0 spiro atoms. The molecule has 3 saturated heterocycles. The highest BCUT2D eigenvalue weighted by atomic mass is 16.5. The van der Waals surface area contributed by atoms with Gasteiger partial charge >= 0.3 is 0 Å². The molecule has 2 atom stereocenters. The fourth-order valence-electron chi connectivity index (χ4n) is 5.06. The Morgan fingerprint density at radius 1 is 1.00 bits per heavy atom. The van der Waals surface area contributed by atoms with Gasteiger partial charge in [-0.25, -0.2) is 0 Å². The van der Waals surface area contributed by atoms with Gasteiger partial charge < -0.3 is 9.15 Å². The average Bonchev–Trinajstić information content (AvgIpc) is 2.85. The molecule has 0 amide bonds. The van der Waals surface area contributed by atoms with Crippen LogP contribution in [0.3, 0.4) is 0 Å². The monoisotopic (exact) mass is 364 g/mol. The Bertz CT molecular complexity index is 934. The fraction of sp³-hybridized carbons (Fsp3) is 0.478. The van der Waals surface area contributed by atoms with Crippen molar-refractivity contribution in [3.05, 3.63) is 48.0 Å². The zero-order valence-electron chi connectivity index (χ0n) is 16.1. The Morgan fingerprint density at radius 3 is 2.81 bits per heavy atom. The summed E-state index contributed by atoms with van der Waals surface area (Å²) in [5, 5.41) is 2.46. The Labute approximate surface area is 160 Å². The average molecular weight is 364 g/mol. The summed E-state index contributed by atoms with van der Waals surface area (Å²) >= 11 is 0. The van der Waals surface area contributed by atoms with Gasteiger partial charge in [0.1, 0.15) is 11.2 Å². The van der Waals surface area contributed by atoms with Gasteiger partial charge in [-0.15, -0.1) is 0 Å². The number of hydrogen-bond acceptors (Lipinski definition) is 4. The molecule has 2 bridgehead atoms. The number of fused-ring (bicyclic) bond motifs is 7. The second-order valence-corrected chi connectivity index (χ2v) is 8.17. The van der Waals surface area contributed by atoms with Gasteiger partial charge in [-0.1, -0.05) is 36.4 Å². The van der Waals surface area contributed by atoms with E-state index in [4.69, 9.17) is 9.15 Å². The van der Waals surface area contributed by atoms with Crippen LogP contribution in [0.15, 0.2) is 46.9 Å². The molecule has 3 fully saturated rings. The highest BCUT2D eigenvalue weighted by Gasteiger charge is 2.34. The topological polar surface area (TPSA) is 28.9 Å². The predicted molar refractivity (Wildman–Crippen MR) is 109 cm³/mol. The summed E-state index contributed by atoms with van der Waals surface area (Å²) in [6.07, 6.45) is 2.68. The molecule has 4 heterocycles. The molecule has 0 N–H and O–H groups in total. The molecule has 0 aliphatic carbocycles. The maximum Gasteiger partial charge on any atom is 0.139 e. The lowest BCUT2D eigenvalue weighted by atomic mass is 9.95. The van der Waals surface area contributed by atoms with Gasteiger partial charge in [0.05, 0.1) is 6.61 Å². The molecule has 3 aliphatic heterocycles. The normalized spacial score (nSPS) is 24.0. The van der Waals surface area contributed by atoms with E-state index in [-0.39, 0.29) is 0 Å². The van der Waals surface area contributed by atoms with Crippen LogP contribution in [0.2, 0.25) is 0 Å². The van der Waals surface area contributed by atoms with E-state index in [0.717, 1.165) is 43.3 Å². The lowest BCUT2D eigenvalue weighted by molar-refractivity contribution is 0.0867. The lowest BCUT2D eigenvalue weighted by Gasteiger charge is -2.35. The van der Waals surface area contributed by atoms with Crippen molar-refractivity contribution in [2.24, 2.45) is 5.92 Å². The quantitative estimate of drug-likeness (QED) is 0.681. The third-order valence-electron chi connectivity index (χ3n) is 6.36. The van der Waals surface area contributed by atoms with Crippen molar-refractivity contribution in [2.45, 2.75) is 25.4 Å². The molecule has 1 aromatic heterocycles. The highest BCUT2D eigenvalue weighted by molar-refractivity contribution is 6.05. The molecule has 2 aromatic carbocycles. The molecule has 3 aromatic rings. The summed E-state index contributed by atoms with van der Waals surface area (Å²) in [4.78, 5) is 5.30. The van der Waals surface area contributed by atoms with Crippen molar-refractivity contribution < 1.29 is 9.15 Å². The van der Waals surface area contributed by atoms with Crippen LogP contribution in [0.25, 0.3) is 21.9 Å². The van der Waals surface area contributed by atoms with Crippen molar-refractivity contribution in [1.29, 1.82) is 0 Å². The molecule has 6 rings (SSSR count). The number of furan rings is 1. The first-order chi connectivity index (χ1) is 13.3. The molecule has 4 nitrogen and oxygen atoms in total. The summed E-state index contributed by atoms with van der Waals surface area (Å²) in [6, 6.07) is 15.6. The van der Waals surface area contributed by atoms with E-state index in [0.29, 0.717) is 6.04 Å². The molecular weight excluding hydrogens is 336 g/mol. The number of ether oxygens (including phenoxy) is 1. The third kappa shape index (κ3) is 3.27. The Kier molecular flexibility index (Phi) is 4.64. The maximum atomic E-state index is 6.25. The molecule has 0 unspecified atom stereocenters. The van der Waals surface area contributed by atoms with Gasteiger partial charge in [0.25, 0.3) is 0 Å². The van der Waals surface area contributed by atoms with Gasteiger partial charge in [-0.05, 0) is 24.8 Å². The maximum absolute atomic E-state index is 6.25. The van der Waals surface area contributed by atoms with Crippen molar-refractivity contribution in [3.63, 3.8) is 0 Å². The summed E-state index contributed by atoms with van der Waals surface area (Å²) in [5.41, 5.74) is 3.36. The summed E-state index contributed by atoms with van der Waals surface area (Å²) in [5.74, 6) is 0.774. The van der Waals surface area contributed by atoms with E-state index in [1.54, 1.807) is 7.11 Å². The van der Waals surface area contributed by atoms with Crippen molar-refractivity contribution in [3.8, 4) is 0 Å². The number of methoxy groups -OCH3 is 1. The van der Waals surface area contributed by atoms with Crippen LogP contribution in [0, 0.1) is 5.92 Å². The van der Waals surface area contributed by atoms with E-state index in [2.05, 4.69) is 46.2 Å². The van der Waals surface area contributed by atoms with E-state index in [1.807, 2.05) is 6.07 Å². The van der Waals surface area contributed by atoms with Crippen molar-refractivity contribution >= 4 is 21.9 Å². The first-order valence-corrected chi connectivity index (χ1v) is 10.2. The van der Waals surface area contributed by atoms with Gasteiger partial charge in [-0.3, -0.25) is 9.80 Å². The predicted octanol–water partition coefficient (Wildman–Crippen LogP) is 4.13.